The zero-order chi connectivity index (χ0) is 21.4. The lowest BCUT2D eigenvalue weighted by molar-refractivity contribution is 0.0709. The van der Waals surface area contributed by atoms with Crippen LogP contribution in [0.25, 0.3) is 11.4 Å². The van der Waals surface area contributed by atoms with Crippen LogP contribution in [0.15, 0.2) is 40.9 Å². The number of amides is 1. The Kier molecular flexibility index (Phi) is 4.85. The SMILES string of the molecule is COc1ccc(-c2noc(C3CCCN3C(=O)c3ccc4c(c3)OCO4)n2)cc1OC. The molecular weight excluding hydrogens is 402 g/mol. The minimum atomic E-state index is -0.278. The van der Waals surface area contributed by atoms with E-state index in [9.17, 15) is 4.79 Å². The number of nitrogens with zero attached hydrogens (tertiary/aromatic N) is 3. The summed E-state index contributed by atoms with van der Waals surface area (Å²) in [5.41, 5.74) is 1.27. The number of carbonyl (C=O) groups excluding carboxylic acids is 1. The van der Waals surface area contributed by atoms with Gasteiger partial charge in [0.25, 0.3) is 5.91 Å². The number of likely N-dealkylation sites (tertiary alicyclic amines) is 1. The zero-order valence-corrected chi connectivity index (χ0v) is 17.2. The topological polar surface area (TPSA) is 96.2 Å². The largest absolute Gasteiger partial charge is 0.493 e. The van der Waals surface area contributed by atoms with E-state index in [1.54, 1.807) is 49.5 Å². The van der Waals surface area contributed by atoms with Crippen LogP contribution in [0.1, 0.15) is 35.1 Å². The lowest BCUT2D eigenvalue weighted by Crippen LogP contribution is -2.30. The first kappa shape index (κ1) is 19.2. The molecule has 5 rings (SSSR count). The third-order valence-corrected chi connectivity index (χ3v) is 5.50. The van der Waals surface area contributed by atoms with Crippen molar-refractivity contribution in [3.8, 4) is 34.4 Å². The fourth-order valence-corrected chi connectivity index (χ4v) is 3.93. The van der Waals surface area contributed by atoms with Gasteiger partial charge in [-0.1, -0.05) is 5.16 Å². The third-order valence-electron chi connectivity index (χ3n) is 5.50. The Hall–Kier alpha value is -3.75. The number of fused-ring (bicyclic) bond motifs is 1. The van der Waals surface area contributed by atoms with Crippen molar-refractivity contribution in [1.82, 2.24) is 15.0 Å². The standard InChI is InChI=1S/C22H21N3O6/c1-27-16-7-5-13(10-18(16)28-2)20-23-21(31-24-20)15-4-3-9-25(15)22(26)14-6-8-17-19(11-14)30-12-29-17/h5-8,10-11,15H,3-4,9,12H2,1-2H3. The number of methoxy groups -OCH3 is 2. The quantitative estimate of drug-likeness (QED) is 0.616. The molecule has 2 aromatic carbocycles. The number of rotatable bonds is 5. The predicted molar refractivity (Wildman–Crippen MR) is 108 cm³/mol. The van der Waals surface area contributed by atoms with Crippen molar-refractivity contribution >= 4 is 5.91 Å². The predicted octanol–water partition coefficient (Wildman–Crippen LogP) is 3.46. The van der Waals surface area contributed by atoms with E-state index in [0.717, 1.165) is 18.4 Å². The summed E-state index contributed by atoms with van der Waals surface area (Å²) in [6, 6.07) is 10.3. The van der Waals surface area contributed by atoms with Gasteiger partial charge in [-0.3, -0.25) is 4.79 Å². The van der Waals surface area contributed by atoms with Crippen molar-refractivity contribution < 1.29 is 28.3 Å². The van der Waals surface area contributed by atoms with E-state index >= 15 is 0 Å². The van der Waals surface area contributed by atoms with Crippen LogP contribution in [0.5, 0.6) is 23.0 Å². The molecule has 1 unspecified atom stereocenters. The molecule has 0 saturated carbocycles. The summed E-state index contributed by atoms with van der Waals surface area (Å²) in [6.07, 6.45) is 1.61. The van der Waals surface area contributed by atoms with Crippen LogP contribution in [0.2, 0.25) is 0 Å². The molecule has 3 heterocycles. The average molecular weight is 423 g/mol. The summed E-state index contributed by atoms with van der Waals surface area (Å²) >= 11 is 0. The van der Waals surface area contributed by atoms with Crippen molar-refractivity contribution in [3.05, 3.63) is 47.9 Å². The van der Waals surface area contributed by atoms with Crippen LogP contribution >= 0.6 is 0 Å². The number of benzene rings is 2. The molecule has 0 N–H and O–H groups in total. The molecule has 1 amide bonds. The van der Waals surface area contributed by atoms with E-state index in [2.05, 4.69) is 10.1 Å². The highest BCUT2D eigenvalue weighted by molar-refractivity contribution is 5.95. The Balaban J connectivity index is 1.39. The van der Waals surface area contributed by atoms with Crippen LogP contribution in [0.4, 0.5) is 0 Å². The Morgan fingerprint density at radius 2 is 1.90 bits per heavy atom. The number of hydrogen-bond acceptors (Lipinski definition) is 8. The van der Waals surface area contributed by atoms with Gasteiger partial charge in [0.15, 0.2) is 23.0 Å². The molecule has 0 aliphatic carbocycles. The van der Waals surface area contributed by atoms with Gasteiger partial charge in [0.1, 0.15) is 6.04 Å². The van der Waals surface area contributed by atoms with E-state index in [-0.39, 0.29) is 18.7 Å². The van der Waals surface area contributed by atoms with E-state index in [1.807, 2.05) is 6.07 Å². The van der Waals surface area contributed by atoms with Gasteiger partial charge < -0.3 is 28.4 Å². The monoisotopic (exact) mass is 423 g/mol. The minimum Gasteiger partial charge on any atom is -0.493 e. The van der Waals surface area contributed by atoms with Crippen LogP contribution in [-0.2, 0) is 0 Å². The Morgan fingerprint density at radius 3 is 2.74 bits per heavy atom. The van der Waals surface area contributed by atoms with Crippen LogP contribution in [0, 0.1) is 0 Å². The zero-order valence-electron chi connectivity index (χ0n) is 17.2. The fourth-order valence-electron chi connectivity index (χ4n) is 3.93. The molecule has 2 aliphatic heterocycles. The molecule has 1 fully saturated rings. The molecule has 0 spiro atoms. The molecule has 1 atom stereocenters. The van der Waals surface area contributed by atoms with Gasteiger partial charge >= 0.3 is 0 Å². The molecule has 3 aromatic rings. The van der Waals surface area contributed by atoms with Crippen LogP contribution in [0.3, 0.4) is 0 Å². The number of carbonyl (C=O) groups is 1. The summed E-state index contributed by atoms with van der Waals surface area (Å²) in [5, 5.41) is 4.12. The van der Waals surface area contributed by atoms with Crippen molar-refractivity contribution in [2.75, 3.05) is 27.6 Å². The molecule has 9 heteroatoms. The number of aromatic nitrogens is 2. The summed E-state index contributed by atoms with van der Waals surface area (Å²) in [4.78, 5) is 19.5. The van der Waals surface area contributed by atoms with Gasteiger partial charge in [-0.15, -0.1) is 0 Å². The molecule has 9 nitrogen and oxygen atoms in total. The maximum Gasteiger partial charge on any atom is 0.254 e. The van der Waals surface area contributed by atoms with Crippen LogP contribution in [-0.4, -0.2) is 48.5 Å². The first-order chi connectivity index (χ1) is 15.2. The van der Waals surface area contributed by atoms with Gasteiger partial charge in [0, 0.05) is 17.7 Å². The first-order valence-electron chi connectivity index (χ1n) is 9.94. The van der Waals surface area contributed by atoms with Gasteiger partial charge in [-0.2, -0.15) is 4.98 Å². The van der Waals surface area contributed by atoms with Gasteiger partial charge in [0.2, 0.25) is 18.5 Å². The molecule has 1 saturated heterocycles. The van der Waals surface area contributed by atoms with E-state index in [0.29, 0.717) is 46.8 Å². The average Bonchev–Trinajstić information content (AvgIpc) is 3.57. The lowest BCUT2D eigenvalue weighted by Gasteiger charge is -2.22. The second-order valence-electron chi connectivity index (χ2n) is 7.25. The fraction of sp³-hybridized carbons (Fsp3) is 0.318. The molecular formula is C22H21N3O6. The van der Waals surface area contributed by atoms with Gasteiger partial charge in [-0.05, 0) is 49.2 Å². The molecule has 31 heavy (non-hydrogen) atoms. The Bertz CT molecular complexity index is 1130. The Labute approximate surface area is 178 Å². The summed E-state index contributed by atoms with van der Waals surface area (Å²) in [5.74, 6) is 3.15. The highest BCUT2D eigenvalue weighted by Gasteiger charge is 2.35. The number of ether oxygens (including phenoxy) is 4. The summed E-state index contributed by atoms with van der Waals surface area (Å²) in [7, 11) is 3.15. The molecule has 160 valence electrons. The van der Waals surface area contributed by atoms with E-state index in [1.165, 1.54) is 0 Å². The van der Waals surface area contributed by atoms with Crippen molar-refractivity contribution in [3.63, 3.8) is 0 Å². The third kappa shape index (κ3) is 3.41. The van der Waals surface area contributed by atoms with Gasteiger partial charge in [0.05, 0.1) is 14.2 Å². The van der Waals surface area contributed by atoms with Crippen molar-refractivity contribution in [1.29, 1.82) is 0 Å². The Morgan fingerprint density at radius 1 is 1.06 bits per heavy atom. The highest BCUT2D eigenvalue weighted by atomic mass is 16.7. The second-order valence-corrected chi connectivity index (χ2v) is 7.25. The van der Waals surface area contributed by atoms with Gasteiger partial charge in [-0.25, -0.2) is 0 Å². The second kappa shape index (κ2) is 7.82. The lowest BCUT2D eigenvalue weighted by atomic mass is 10.1. The molecule has 0 radical (unpaired) electrons. The molecule has 1 aromatic heterocycles. The number of hydrogen-bond donors (Lipinski definition) is 0. The minimum absolute atomic E-state index is 0.105. The maximum absolute atomic E-state index is 13.2. The van der Waals surface area contributed by atoms with Crippen molar-refractivity contribution in [2.24, 2.45) is 0 Å². The maximum atomic E-state index is 13.2. The van der Waals surface area contributed by atoms with E-state index in [4.69, 9.17) is 23.5 Å². The normalized spacial score (nSPS) is 17.1. The molecule has 2 aliphatic rings. The molecule has 0 bridgehead atoms. The van der Waals surface area contributed by atoms with Crippen LogP contribution < -0.4 is 18.9 Å². The highest BCUT2D eigenvalue weighted by Crippen LogP contribution is 2.37. The summed E-state index contributed by atoms with van der Waals surface area (Å²) < 4.78 is 26.9. The summed E-state index contributed by atoms with van der Waals surface area (Å²) in [6.45, 7) is 0.784. The van der Waals surface area contributed by atoms with Crippen molar-refractivity contribution in [2.45, 2.75) is 18.9 Å². The van der Waals surface area contributed by atoms with E-state index < -0.39 is 0 Å². The smallest absolute Gasteiger partial charge is 0.254 e. The first-order valence-corrected chi connectivity index (χ1v) is 9.94.